The van der Waals surface area contributed by atoms with Gasteiger partial charge >= 0.3 is 5.97 Å². The lowest BCUT2D eigenvalue weighted by atomic mass is 10.2. The van der Waals surface area contributed by atoms with E-state index < -0.39 is 24.5 Å². The van der Waals surface area contributed by atoms with Crippen molar-refractivity contribution >= 4 is 11.9 Å². The van der Waals surface area contributed by atoms with Gasteiger partial charge in [-0.05, 0) is 19.1 Å². The molecule has 1 rings (SSSR count). The van der Waals surface area contributed by atoms with Gasteiger partial charge in [0.25, 0.3) is 5.91 Å². The molecular weight excluding hydrogens is 212 g/mol. The van der Waals surface area contributed by atoms with Gasteiger partial charge in [-0.3, -0.25) is 9.78 Å². The molecule has 0 saturated heterocycles. The van der Waals surface area contributed by atoms with Gasteiger partial charge in [0.05, 0.1) is 6.61 Å². The molecule has 0 saturated carbocycles. The number of pyridine rings is 1. The second-order valence-corrected chi connectivity index (χ2v) is 3.23. The van der Waals surface area contributed by atoms with Crippen LogP contribution in [0.5, 0.6) is 0 Å². The van der Waals surface area contributed by atoms with E-state index in [1.54, 1.807) is 6.92 Å². The molecule has 1 aromatic heterocycles. The zero-order valence-corrected chi connectivity index (χ0v) is 8.67. The Kier molecular flexibility index (Phi) is 3.96. The number of nitrogens with one attached hydrogen (secondary N) is 1. The van der Waals surface area contributed by atoms with Crippen molar-refractivity contribution in [2.45, 2.75) is 13.0 Å². The summed E-state index contributed by atoms with van der Waals surface area (Å²) in [6.45, 7) is 1.07. The Morgan fingerprint density at radius 1 is 1.56 bits per heavy atom. The minimum Gasteiger partial charge on any atom is -0.480 e. The Hall–Kier alpha value is -1.95. The summed E-state index contributed by atoms with van der Waals surface area (Å²) >= 11 is 0. The highest BCUT2D eigenvalue weighted by molar-refractivity contribution is 5.96. The van der Waals surface area contributed by atoms with Crippen LogP contribution in [0.1, 0.15) is 16.1 Å². The average molecular weight is 224 g/mol. The minimum absolute atomic E-state index is 0.312. The fourth-order valence-corrected chi connectivity index (χ4v) is 1.11. The van der Waals surface area contributed by atoms with E-state index in [9.17, 15) is 9.59 Å². The molecule has 0 radical (unpaired) electrons. The molecule has 1 atom stereocenters. The first-order valence-electron chi connectivity index (χ1n) is 4.61. The zero-order valence-electron chi connectivity index (χ0n) is 8.67. The smallest absolute Gasteiger partial charge is 0.328 e. The molecule has 6 nitrogen and oxygen atoms in total. The summed E-state index contributed by atoms with van der Waals surface area (Å²) in [5.74, 6) is -1.83. The number of nitrogens with zero attached hydrogens (tertiary/aromatic N) is 1. The summed E-state index contributed by atoms with van der Waals surface area (Å²) in [4.78, 5) is 26.0. The molecule has 3 N–H and O–H groups in total. The van der Waals surface area contributed by atoms with Crippen LogP contribution < -0.4 is 5.32 Å². The molecule has 0 aliphatic carbocycles. The largest absolute Gasteiger partial charge is 0.480 e. The Balaban J connectivity index is 2.75. The number of carboxylic acid groups (broad SMARTS) is 1. The Bertz CT molecular complexity index is 406. The molecule has 16 heavy (non-hydrogen) atoms. The van der Waals surface area contributed by atoms with E-state index >= 15 is 0 Å². The van der Waals surface area contributed by atoms with Gasteiger partial charge in [-0.25, -0.2) is 4.79 Å². The van der Waals surface area contributed by atoms with E-state index in [0.29, 0.717) is 11.3 Å². The minimum atomic E-state index is -1.29. The number of aliphatic carboxylic acids is 1. The van der Waals surface area contributed by atoms with Crippen LogP contribution in [0, 0.1) is 6.92 Å². The van der Waals surface area contributed by atoms with Crippen molar-refractivity contribution in [2.24, 2.45) is 0 Å². The highest BCUT2D eigenvalue weighted by Crippen LogP contribution is 2.01. The molecule has 1 aromatic rings. The number of carbonyl (C=O) groups excluding carboxylic acids is 1. The van der Waals surface area contributed by atoms with E-state index in [-0.39, 0.29) is 0 Å². The maximum atomic E-state index is 11.6. The SMILES string of the molecule is Cc1cc(C(=O)N[C@@H](CO)C(=O)O)ccn1. The lowest BCUT2D eigenvalue weighted by Crippen LogP contribution is -2.43. The molecule has 0 bridgehead atoms. The van der Waals surface area contributed by atoms with Crippen LogP contribution in [-0.2, 0) is 4.79 Å². The third-order valence-corrected chi connectivity index (χ3v) is 1.94. The summed E-state index contributed by atoms with van der Waals surface area (Å²) in [6, 6.07) is 1.71. The molecular formula is C10H12N2O4. The number of aliphatic hydroxyl groups is 1. The lowest BCUT2D eigenvalue weighted by molar-refractivity contribution is -0.140. The van der Waals surface area contributed by atoms with Crippen LogP contribution in [0.3, 0.4) is 0 Å². The van der Waals surface area contributed by atoms with Crippen LogP contribution >= 0.6 is 0 Å². The summed E-state index contributed by atoms with van der Waals surface area (Å²) < 4.78 is 0. The number of aromatic nitrogens is 1. The van der Waals surface area contributed by atoms with Gasteiger partial charge in [0.15, 0.2) is 6.04 Å². The van der Waals surface area contributed by atoms with Gasteiger partial charge in [0, 0.05) is 17.5 Å². The summed E-state index contributed by atoms with van der Waals surface area (Å²) in [5.41, 5.74) is 0.968. The van der Waals surface area contributed by atoms with Crippen molar-refractivity contribution in [3.63, 3.8) is 0 Å². The fraction of sp³-hybridized carbons (Fsp3) is 0.300. The van der Waals surface area contributed by atoms with Gasteiger partial charge in [-0.1, -0.05) is 0 Å². The van der Waals surface area contributed by atoms with Gasteiger partial charge < -0.3 is 15.5 Å². The topological polar surface area (TPSA) is 99.5 Å². The van der Waals surface area contributed by atoms with Crippen molar-refractivity contribution in [3.8, 4) is 0 Å². The van der Waals surface area contributed by atoms with Crippen LogP contribution in [-0.4, -0.2) is 39.7 Å². The standard InChI is InChI=1S/C10H12N2O4/c1-6-4-7(2-3-11-6)9(14)12-8(5-13)10(15)16/h2-4,8,13H,5H2,1H3,(H,12,14)(H,15,16)/t8-/m0/s1. The normalized spacial score (nSPS) is 11.9. The first-order chi connectivity index (χ1) is 7.54. The maximum Gasteiger partial charge on any atom is 0.328 e. The molecule has 0 unspecified atom stereocenters. The quantitative estimate of drug-likeness (QED) is 0.644. The van der Waals surface area contributed by atoms with Crippen molar-refractivity contribution in [1.82, 2.24) is 10.3 Å². The molecule has 86 valence electrons. The highest BCUT2D eigenvalue weighted by atomic mass is 16.4. The Morgan fingerprint density at radius 2 is 2.25 bits per heavy atom. The highest BCUT2D eigenvalue weighted by Gasteiger charge is 2.19. The van der Waals surface area contributed by atoms with Crippen LogP contribution in [0.2, 0.25) is 0 Å². The zero-order chi connectivity index (χ0) is 12.1. The maximum absolute atomic E-state index is 11.6. The van der Waals surface area contributed by atoms with E-state index in [1.807, 2.05) is 0 Å². The van der Waals surface area contributed by atoms with Crippen molar-refractivity contribution < 1.29 is 19.8 Å². The predicted octanol–water partition coefficient (Wildman–Crippen LogP) is -0.435. The molecule has 1 amide bonds. The average Bonchev–Trinajstić information content (AvgIpc) is 2.25. The van der Waals surface area contributed by atoms with E-state index in [2.05, 4.69) is 10.3 Å². The number of hydrogen-bond acceptors (Lipinski definition) is 4. The van der Waals surface area contributed by atoms with Gasteiger partial charge in [-0.15, -0.1) is 0 Å². The van der Waals surface area contributed by atoms with Gasteiger partial charge in [-0.2, -0.15) is 0 Å². The molecule has 0 aromatic carbocycles. The summed E-state index contributed by atoms with van der Waals surface area (Å²) in [6.07, 6.45) is 1.46. The second kappa shape index (κ2) is 5.22. The van der Waals surface area contributed by atoms with Gasteiger partial charge in [0.2, 0.25) is 0 Å². The fourth-order valence-electron chi connectivity index (χ4n) is 1.11. The molecule has 6 heteroatoms. The summed E-state index contributed by atoms with van der Waals surface area (Å²) in [5, 5.41) is 19.6. The van der Waals surface area contributed by atoms with Crippen molar-refractivity contribution in [2.75, 3.05) is 6.61 Å². The summed E-state index contributed by atoms with van der Waals surface area (Å²) in [7, 11) is 0. The predicted molar refractivity (Wildman–Crippen MR) is 54.9 cm³/mol. The number of carbonyl (C=O) groups is 2. The number of amides is 1. The Morgan fingerprint density at radius 3 is 2.75 bits per heavy atom. The number of carboxylic acids is 1. The van der Waals surface area contributed by atoms with E-state index in [0.717, 1.165) is 0 Å². The number of aliphatic hydroxyl groups excluding tert-OH is 1. The van der Waals surface area contributed by atoms with Crippen LogP contribution in [0.25, 0.3) is 0 Å². The third kappa shape index (κ3) is 3.03. The first-order valence-corrected chi connectivity index (χ1v) is 4.61. The molecule has 0 spiro atoms. The van der Waals surface area contributed by atoms with Crippen molar-refractivity contribution in [3.05, 3.63) is 29.6 Å². The van der Waals surface area contributed by atoms with Gasteiger partial charge in [0.1, 0.15) is 0 Å². The second-order valence-electron chi connectivity index (χ2n) is 3.23. The molecule has 0 aliphatic rings. The number of aryl methyl sites for hydroxylation is 1. The van der Waals surface area contributed by atoms with Crippen LogP contribution in [0.4, 0.5) is 0 Å². The molecule has 1 heterocycles. The monoisotopic (exact) mass is 224 g/mol. The van der Waals surface area contributed by atoms with Crippen molar-refractivity contribution in [1.29, 1.82) is 0 Å². The third-order valence-electron chi connectivity index (χ3n) is 1.94. The molecule has 0 fully saturated rings. The lowest BCUT2D eigenvalue weighted by Gasteiger charge is -2.11. The molecule has 0 aliphatic heterocycles. The van der Waals surface area contributed by atoms with E-state index in [4.69, 9.17) is 10.2 Å². The number of hydrogen-bond donors (Lipinski definition) is 3. The number of rotatable bonds is 4. The van der Waals surface area contributed by atoms with E-state index in [1.165, 1.54) is 18.3 Å². The Labute approximate surface area is 91.9 Å². The van der Waals surface area contributed by atoms with Crippen LogP contribution in [0.15, 0.2) is 18.3 Å². The first kappa shape index (κ1) is 12.1.